The first-order valence-electron chi connectivity index (χ1n) is 8.84. The third-order valence-electron chi connectivity index (χ3n) is 5.60. The van der Waals surface area contributed by atoms with E-state index in [0.717, 1.165) is 19.3 Å². The molecule has 4 rings (SSSR count). The molecule has 1 aromatic carbocycles. The van der Waals surface area contributed by atoms with Crippen molar-refractivity contribution in [2.24, 2.45) is 17.8 Å². The lowest BCUT2D eigenvalue weighted by atomic mass is 9.88. The van der Waals surface area contributed by atoms with Crippen LogP contribution in [0.1, 0.15) is 25.7 Å². The molecule has 1 heterocycles. The van der Waals surface area contributed by atoms with E-state index in [1.165, 1.54) is 12.5 Å². The second kappa shape index (κ2) is 6.44. The van der Waals surface area contributed by atoms with Crippen LogP contribution in [-0.4, -0.2) is 28.6 Å². The molecule has 26 heavy (non-hydrogen) atoms. The third kappa shape index (κ3) is 2.91. The highest BCUT2D eigenvalue weighted by Gasteiger charge is 2.42. The summed E-state index contributed by atoms with van der Waals surface area (Å²) in [5.41, 5.74) is -0.698. The van der Waals surface area contributed by atoms with Crippen molar-refractivity contribution in [1.29, 1.82) is 0 Å². The molecule has 4 N–H and O–H groups in total. The van der Waals surface area contributed by atoms with E-state index in [1.807, 2.05) is 0 Å². The summed E-state index contributed by atoms with van der Waals surface area (Å²) in [5.74, 6) is 0.616. The molecule has 0 spiro atoms. The SMILES string of the molecule is O=C(CNC(=O)C1CC2CCC1C2)Nc1cccc2c(=O)[nH][nH]c(=O)c12. The van der Waals surface area contributed by atoms with Gasteiger partial charge in [-0.15, -0.1) is 0 Å². The van der Waals surface area contributed by atoms with Crippen molar-refractivity contribution < 1.29 is 9.59 Å². The number of H-pyrrole nitrogens is 2. The van der Waals surface area contributed by atoms with E-state index < -0.39 is 17.0 Å². The van der Waals surface area contributed by atoms with Crippen molar-refractivity contribution >= 4 is 28.3 Å². The summed E-state index contributed by atoms with van der Waals surface area (Å²) >= 11 is 0. The molecule has 2 fully saturated rings. The quantitative estimate of drug-likeness (QED) is 0.644. The monoisotopic (exact) mass is 356 g/mol. The molecule has 8 nitrogen and oxygen atoms in total. The number of aromatic amines is 2. The molecule has 3 atom stereocenters. The Bertz CT molecular complexity index is 993. The summed E-state index contributed by atoms with van der Waals surface area (Å²) in [6.07, 6.45) is 4.35. The van der Waals surface area contributed by atoms with Crippen molar-refractivity contribution in [3.8, 4) is 0 Å². The molecule has 2 aliphatic carbocycles. The number of benzene rings is 1. The normalized spacial score (nSPS) is 23.9. The highest BCUT2D eigenvalue weighted by molar-refractivity contribution is 6.02. The van der Waals surface area contributed by atoms with E-state index in [1.54, 1.807) is 12.1 Å². The lowest BCUT2D eigenvalue weighted by Gasteiger charge is -2.20. The van der Waals surface area contributed by atoms with Crippen LogP contribution in [0.5, 0.6) is 0 Å². The van der Waals surface area contributed by atoms with Crippen LogP contribution >= 0.6 is 0 Å². The molecule has 2 saturated carbocycles. The molecule has 8 heteroatoms. The Morgan fingerprint density at radius 1 is 1.08 bits per heavy atom. The standard InChI is InChI=1S/C18H20N4O4/c23-14(8-19-16(24)12-7-9-4-5-10(12)6-9)20-13-3-1-2-11-15(13)18(26)22-21-17(11)25/h1-3,9-10,12H,4-8H2,(H,19,24)(H,20,23)(H,21,25)(H,22,26). The fourth-order valence-corrected chi connectivity index (χ4v) is 4.39. The molecule has 2 bridgehead atoms. The van der Waals surface area contributed by atoms with Crippen LogP contribution in [-0.2, 0) is 9.59 Å². The number of carbonyl (C=O) groups is 2. The number of amides is 2. The summed E-state index contributed by atoms with van der Waals surface area (Å²) in [6, 6.07) is 4.64. The first-order chi connectivity index (χ1) is 12.5. The fourth-order valence-electron chi connectivity index (χ4n) is 4.39. The van der Waals surface area contributed by atoms with Gasteiger partial charge in [-0.1, -0.05) is 12.5 Å². The number of carbonyl (C=O) groups excluding carboxylic acids is 2. The minimum atomic E-state index is -0.499. The maximum Gasteiger partial charge on any atom is 0.272 e. The van der Waals surface area contributed by atoms with Crippen LogP contribution in [0.25, 0.3) is 10.8 Å². The predicted molar refractivity (Wildman–Crippen MR) is 95.8 cm³/mol. The number of fused-ring (bicyclic) bond motifs is 3. The van der Waals surface area contributed by atoms with Crippen LogP contribution in [0, 0.1) is 17.8 Å². The molecule has 0 saturated heterocycles. The van der Waals surface area contributed by atoms with Gasteiger partial charge < -0.3 is 10.6 Å². The molecule has 2 aromatic rings. The molecule has 2 aliphatic rings. The first-order valence-corrected chi connectivity index (χ1v) is 8.84. The number of hydrogen-bond acceptors (Lipinski definition) is 4. The van der Waals surface area contributed by atoms with Crippen LogP contribution < -0.4 is 21.8 Å². The largest absolute Gasteiger partial charge is 0.347 e. The molecule has 3 unspecified atom stereocenters. The van der Waals surface area contributed by atoms with Crippen molar-refractivity contribution in [1.82, 2.24) is 15.5 Å². The number of hydrogen-bond donors (Lipinski definition) is 4. The van der Waals surface area contributed by atoms with Gasteiger partial charge in [-0.05, 0) is 43.2 Å². The van der Waals surface area contributed by atoms with E-state index in [2.05, 4.69) is 20.8 Å². The van der Waals surface area contributed by atoms with E-state index in [-0.39, 0.29) is 34.8 Å². The summed E-state index contributed by atoms with van der Waals surface area (Å²) in [7, 11) is 0. The number of anilines is 1. The van der Waals surface area contributed by atoms with Gasteiger partial charge in [0.05, 0.1) is 23.0 Å². The summed E-state index contributed by atoms with van der Waals surface area (Å²) in [6.45, 7) is -0.162. The Morgan fingerprint density at radius 2 is 1.88 bits per heavy atom. The van der Waals surface area contributed by atoms with Crippen LogP contribution in [0.15, 0.2) is 27.8 Å². The molecule has 2 amide bonds. The van der Waals surface area contributed by atoms with E-state index >= 15 is 0 Å². The van der Waals surface area contributed by atoms with E-state index in [9.17, 15) is 19.2 Å². The van der Waals surface area contributed by atoms with Gasteiger partial charge in [0.15, 0.2) is 0 Å². The lowest BCUT2D eigenvalue weighted by molar-refractivity contribution is -0.128. The minimum Gasteiger partial charge on any atom is -0.347 e. The minimum absolute atomic E-state index is 0.0144. The Hall–Kier alpha value is -2.90. The molecule has 136 valence electrons. The molecule has 0 radical (unpaired) electrons. The predicted octanol–water partition coefficient (Wildman–Crippen LogP) is 0.707. The van der Waals surface area contributed by atoms with Gasteiger partial charge in [-0.3, -0.25) is 29.4 Å². The van der Waals surface area contributed by atoms with Gasteiger partial charge in [0, 0.05) is 5.92 Å². The smallest absolute Gasteiger partial charge is 0.272 e. The zero-order chi connectivity index (χ0) is 18.3. The first kappa shape index (κ1) is 16.6. The lowest BCUT2D eigenvalue weighted by Crippen LogP contribution is -2.38. The average Bonchev–Trinajstić information content (AvgIpc) is 3.26. The number of aromatic nitrogens is 2. The van der Waals surface area contributed by atoms with Gasteiger partial charge in [-0.25, -0.2) is 0 Å². The van der Waals surface area contributed by atoms with Crippen LogP contribution in [0.3, 0.4) is 0 Å². The number of rotatable bonds is 4. The van der Waals surface area contributed by atoms with Crippen molar-refractivity contribution in [3.63, 3.8) is 0 Å². The Kier molecular flexibility index (Phi) is 4.10. The Balaban J connectivity index is 1.43. The highest BCUT2D eigenvalue weighted by Crippen LogP contribution is 2.48. The van der Waals surface area contributed by atoms with Gasteiger partial charge in [0.1, 0.15) is 0 Å². The van der Waals surface area contributed by atoms with E-state index in [4.69, 9.17) is 0 Å². The molecule has 1 aromatic heterocycles. The zero-order valence-corrected chi connectivity index (χ0v) is 14.1. The molecule has 0 aliphatic heterocycles. The topological polar surface area (TPSA) is 124 Å². The second-order valence-electron chi connectivity index (χ2n) is 7.18. The number of nitrogens with one attached hydrogen (secondary N) is 4. The van der Waals surface area contributed by atoms with Gasteiger partial charge in [-0.2, -0.15) is 0 Å². The van der Waals surface area contributed by atoms with Gasteiger partial charge in [0.2, 0.25) is 11.8 Å². The van der Waals surface area contributed by atoms with Crippen molar-refractivity contribution in [2.45, 2.75) is 25.7 Å². The molecular weight excluding hydrogens is 336 g/mol. The highest BCUT2D eigenvalue weighted by atomic mass is 16.2. The van der Waals surface area contributed by atoms with Crippen molar-refractivity contribution in [2.75, 3.05) is 11.9 Å². The van der Waals surface area contributed by atoms with Gasteiger partial charge >= 0.3 is 0 Å². The second-order valence-corrected chi connectivity index (χ2v) is 7.18. The van der Waals surface area contributed by atoms with Gasteiger partial charge in [0.25, 0.3) is 11.1 Å². The van der Waals surface area contributed by atoms with Crippen LogP contribution in [0.2, 0.25) is 0 Å². The van der Waals surface area contributed by atoms with E-state index in [0.29, 0.717) is 11.8 Å². The fraction of sp³-hybridized carbons (Fsp3) is 0.444. The van der Waals surface area contributed by atoms with Crippen LogP contribution in [0.4, 0.5) is 5.69 Å². The Morgan fingerprint density at radius 3 is 2.62 bits per heavy atom. The summed E-state index contributed by atoms with van der Waals surface area (Å²) in [5, 5.41) is 10.1. The molecular formula is C18H20N4O4. The third-order valence-corrected chi connectivity index (χ3v) is 5.60. The zero-order valence-electron chi connectivity index (χ0n) is 14.1. The Labute approximate surface area is 148 Å². The average molecular weight is 356 g/mol. The maximum atomic E-state index is 12.3. The summed E-state index contributed by atoms with van der Waals surface area (Å²) < 4.78 is 0. The maximum absolute atomic E-state index is 12.3. The van der Waals surface area contributed by atoms with Crippen molar-refractivity contribution in [3.05, 3.63) is 38.9 Å². The summed E-state index contributed by atoms with van der Waals surface area (Å²) in [4.78, 5) is 48.3.